The third-order valence-electron chi connectivity index (χ3n) is 4.15. The van der Waals surface area contributed by atoms with Crippen LogP contribution in [0.25, 0.3) is 0 Å². The van der Waals surface area contributed by atoms with Crippen LogP contribution in [-0.2, 0) is 11.3 Å². The van der Waals surface area contributed by atoms with Crippen molar-refractivity contribution in [2.45, 2.75) is 51.3 Å². The zero-order valence-corrected chi connectivity index (χ0v) is 10.8. The van der Waals surface area contributed by atoms with Gasteiger partial charge in [-0.05, 0) is 44.7 Å². The number of aromatic nitrogens is 1. The van der Waals surface area contributed by atoms with Gasteiger partial charge >= 0.3 is 6.09 Å². The van der Waals surface area contributed by atoms with Crippen molar-refractivity contribution in [3.05, 3.63) is 24.0 Å². The maximum atomic E-state index is 12.2. The van der Waals surface area contributed by atoms with Crippen molar-refractivity contribution in [2.24, 2.45) is 0 Å². The molecule has 1 aromatic rings. The number of amides is 1. The van der Waals surface area contributed by atoms with Crippen LogP contribution in [0.4, 0.5) is 4.79 Å². The molecule has 1 amide bonds. The Bertz CT molecular complexity index is 435. The van der Waals surface area contributed by atoms with E-state index in [-0.39, 0.29) is 18.2 Å². The molecule has 0 unspecified atom stereocenters. The first-order valence-electron chi connectivity index (χ1n) is 6.88. The Labute approximate surface area is 108 Å². The molecular weight excluding hydrogens is 228 g/mol. The van der Waals surface area contributed by atoms with Gasteiger partial charge in [0.05, 0.1) is 6.04 Å². The lowest BCUT2D eigenvalue weighted by Crippen LogP contribution is -2.42. The van der Waals surface area contributed by atoms with Gasteiger partial charge in [0.25, 0.3) is 0 Å². The van der Waals surface area contributed by atoms with E-state index in [1.165, 1.54) is 18.5 Å². The minimum absolute atomic E-state index is 0.114. The highest BCUT2D eigenvalue weighted by molar-refractivity contribution is 5.68. The predicted molar refractivity (Wildman–Crippen MR) is 68.3 cm³/mol. The Morgan fingerprint density at radius 2 is 2.11 bits per heavy atom. The second-order valence-corrected chi connectivity index (χ2v) is 5.29. The number of hydrogen-bond acceptors (Lipinski definition) is 2. The molecule has 0 spiro atoms. The lowest BCUT2D eigenvalue weighted by Gasteiger charge is -2.34. The van der Waals surface area contributed by atoms with Crippen LogP contribution in [0.5, 0.6) is 0 Å². The highest BCUT2D eigenvalue weighted by atomic mass is 16.6. The number of hydrogen-bond donors (Lipinski definition) is 0. The summed E-state index contributed by atoms with van der Waals surface area (Å²) in [5, 5.41) is 0. The second-order valence-electron chi connectivity index (χ2n) is 5.29. The SMILES string of the molecule is C[C@H]1c2cccn2CCN1C(=O)OC1CCCC1. The molecule has 2 heterocycles. The lowest BCUT2D eigenvalue weighted by atomic mass is 10.1. The van der Waals surface area contributed by atoms with Gasteiger partial charge in [-0.2, -0.15) is 0 Å². The maximum absolute atomic E-state index is 12.2. The highest BCUT2D eigenvalue weighted by Crippen LogP contribution is 2.28. The fraction of sp³-hybridized carbons (Fsp3) is 0.643. The summed E-state index contributed by atoms with van der Waals surface area (Å²) in [5.74, 6) is 0. The minimum Gasteiger partial charge on any atom is -0.446 e. The summed E-state index contributed by atoms with van der Waals surface area (Å²) in [6, 6.07) is 4.24. The Morgan fingerprint density at radius 3 is 2.89 bits per heavy atom. The number of carbonyl (C=O) groups excluding carboxylic acids is 1. The van der Waals surface area contributed by atoms with Crippen molar-refractivity contribution < 1.29 is 9.53 Å². The van der Waals surface area contributed by atoms with E-state index in [0.29, 0.717) is 0 Å². The molecule has 18 heavy (non-hydrogen) atoms. The van der Waals surface area contributed by atoms with Gasteiger partial charge in [0.2, 0.25) is 0 Å². The molecule has 0 aromatic carbocycles. The van der Waals surface area contributed by atoms with Crippen LogP contribution in [0.15, 0.2) is 18.3 Å². The van der Waals surface area contributed by atoms with E-state index in [0.717, 1.165) is 25.9 Å². The van der Waals surface area contributed by atoms with Gasteiger partial charge in [-0.15, -0.1) is 0 Å². The van der Waals surface area contributed by atoms with Crippen LogP contribution in [0.2, 0.25) is 0 Å². The smallest absolute Gasteiger partial charge is 0.410 e. The molecule has 0 saturated heterocycles. The topological polar surface area (TPSA) is 34.5 Å². The van der Waals surface area contributed by atoms with E-state index in [1.807, 2.05) is 11.0 Å². The molecule has 0 bridgehead atoms. The Balaban J connectivity index is 1.68. The summed E-state index contributed by atoms with van der Waals surface area (Å²) in [4.78, 5) is 14.0. The normalized spacial score (nSPS) is 24.1. The Kier molecular flexibility index (Phi) is 3.02. The largest absolute Gasteiger partial charge is 0.446 e. The van der Waals surface area contributed by atoms with Gasteiger partial charge in [-0.1, -0.05) is 0 Å². The third-order valence-corrected chi connectivity index (χ3v) is 4.15. The number of ether oxygens (including phenoxy) is 1. The van der Waals surface area contributed by atoms with Crippen molar-refractivity contribution >= 4 is 6.09 Å². The van der Waals surface area contributed by atoms with E-state index < -0.39 is 0 Å². The van der Waals surface area contributed by atoms with Crippen molar-refractivity contribution in [3.8, 4) is 0 Å². The number of nitrogens with zero attached hydrogens (tertiary/aromatic N) is 2. The zero-order valence-electron chi connectivity index (χ0n) is 10.8. The third kappa shape index (κ3) is 2.00. The molecule has 1 fully saturated rings. The monoisotopic (exact) mass is 248 g/mol. The van der Waals surface area contributed by atoms with E-state index in [1.54, 1.807) is 0 Å². The molecule has 4 nitrogen and oxygen atoms in total. The molecule has 98 valence electrons. The minimum atomic E-state index is -0.137. The lowest BCUT2D eigenvalue weighted by molar-refractivity contribution is 0.0480. The summed E-state index contributed by atoms with van der Waals surface area (Å²) >= 11 is 0. The molecule has 4 heteroatoms. The van der Waals surface area contributed by atoms with E-state index in [2.05, 4.69) is 23.8 Å². The highest BCUT2D eigenvalue weighted by Gasteiger charge is 2.30. The fourth-order valence-electron chi connectivity index (χ4n) is 3.04. The molecule has 1 aromatic heterocycles. The first kappa shape index (κ1) is 11.6. The quantitative estimate of drug-likeness (QED) is 0.765. The Hall–Kier alpha value is -1.45. The summed E-state index contributed by atoms with van der Waals surface area (Å²) < 4.78 is 7.80. The average Bonchev–Trinajstić information content (AvgIpc) is 2.99. The van der Waals surface area contributed by atoms with Gasteiger partial charge < -0.3 is 9.30 Å². The van der Waals surface area contributed by atoms with Crippen LogP contribution in [0.1, 0.15) is 44.3 Å². The standard InChI is InChI=1S/C14H20N2O2/c1-11-13-7-4-8-15(13)9-10-16(11)14(17)18-12-5-2-3-6-12/h4,7-8,11-12H,2-3,5-6,9-10H2,1H3/t11-/m0/s1. The zero-order chi connectivity index (χ0) is 12.5. The van der Waals surface area contributed by atoms with Crippen LogP contribution in [-0.4, -0.2) is 28.2 Å². The molecule has 1 saturated carbocycles. The summed E-state index contributed by atoms with van der Waals surface area (Å²) in [6.07, 6.45) is 6.53. The number of fused-ring (bicyclic) bond motifs is 1. The predicted octanol–water partition coefficient (Wildman–Crippen LogP) is 2.94. The van der Waals surface area contributed by atoms with Gasteiger partial charge in [-0.3, -0.25) is 4.90 Å². The summed E-state index contributed by atoms with van der Waals surface area (Å²) in [7, 11) is 0. The maximum Gasteiger partial charge on any atom is 0.410 e. The van der Waals surface area contributed by atoms with Crippen LogP contribution in [0.3, 0.4) is 0 Å². The van der Waals surface area contributed by atoms with Crippen molar-refractivity contribution in [1.82, 2.24) is 9.47 Å². The summed E-state index contributed by atoms with van der Waals surface area (Å²) in [6.45, 7) is 3.68. The number of carbonyl (C=O) groups is 1. The molecule has 3 rings (SSSR count). The van der Waals surface area contributed by atoms with Gasteiger partial charge in [0, 0.05) is 25.0 Å². The molecule has 1 aliphatic carbocycles. The fourth-order valence-corrected chi connectivity index (χ4v) is 3.04. The van der Waals surface area contributed by atoms with E-state index in [9.17, 15) is 4.79 Å². The van der Waals surface area contributed by atoms with Gasteiger partial charge in [0.1, 0.15) is 6.10 Å². The molecule has 2 aliphatic rings. The molecule has 0 N–H and O–H groups in total. The van der Waals surface area contributed by atoms with Gasteiger partial charge in [-0.25, -0.2) is 4.79 Å². The Morgan fingerprint density at radius 1 is 1.33 bits per heavy atom. The first-order chi connectivity index (χ1) is 8.75. The van der Waals surface area contributed by atoms with Crippen molar-refractivity contribution in [3.63, 3.8) is 0 Å². The summed E-state index contributed by atoms with van der Waals surface area (Å²) in [5.41, 5.74) is 1.20. The molecule has 1 atom stereocenters. The average molecular weight is 248 g/mol. The van der Waals surface area contributed by atoms with Gasteiger partial charge in [0.15, 0.2) is 0 Å². The molecule has 0 radical (unpaired) electrons. The van der Waals surface area contributed by atoms with Crippen molar-refractivity contribution in [1.29, 1.82) is 0 Å². The molecule has 1 aliphatic heterocycles. The molecular formula is C14H20N2O2. The number of rotatable bonds is 1. The van der Waals surface area contributed by atoms with Crippen LogP contribution < -0.4 is 0 Å². The van der Waals surface area contributed by atoms with Crippen LogP contribution in [0, 0.1) is 0 Å². The van der Waals surface area contributed by atoms with E-state index >= 15 is 0 Å². The second kappa shape index (κ2) is 4.67. The first-order valence-corrected chi connectivity index (χ1v) is 6.88. The van der Waals surface area contributed by atoms with E-state index in [4.69, 9.17) is 4.74 Å². The van der Waals surface area contributed by atoms with Crippen molar-refractivity contribution in [2.75, 3.05) is 6.54 Å². The van der Waals surface area contributed by atoms with Crippen LogP contribution >= 0.6 is 0 Å².